The van der Waals surface area contributed by atoms with Gasteiger partial charge in [0.25, 0.3) is 5.91 Å². The average molecular weight is 418 g/mol. The van der Waals surface area contributed by atoms with Gasteiger partial charge in [0.2, 0.25) is 17.6 Å². The molecule has 1 saturated carbocycles. The van der Waals surface area contributed by atoms with Gasteiger partial charge in [-0.05, 0) is 62.1 Å². The number of nitrogens with zero attached hydrogens (tertiary/aromatic N) is 2. The van der Waals surface area contributed by atoms with Crippen LogP contribution in [0.4, 0.5) is 5.69 Å². The van der Waals surface area contributed by atoms with E-state index in [2.05, 4.69) is 20.8 Å². The van der Waals surface area contributed by atoms with Crippen LogP contribution in [0.3, 0.4) is 0 Å². The van der Waals surface area contributed by atoms with Gasteiger partial charge in [-0.15, -0.1) is 0 Å². The molecule has 2 aromatic carbocycles. The van der Waals surface area contributed by atoms with Crippen molar-refractivity contribution in [3.8, 4) is 11.4 Å². The third-order valence-electron chi connectivity index (χ3n) is 5.47. The van der Waals surface area contributed by atoms with Crippen LogP contribution in [0.15, 0.2) is 47.0 Å². The highest BCUT2D eigenvalue weighted by atomic mass is 16.5. The lowest BCUT2D eigenvalue weighted by molar-refractivity contribution is -0.115. The van der Waals surface area contributed by atoms with Crippen LogP contribution in [-0.2, 0) is 4.79 Å². The zero-order valence-electron chi connectivity index (χ0n) is 17.8. The van der Waals surface area contributed by atoms with Gasteiger partial charge in [-0.25, -0.2) is 0 Å². The van der Waals surface area contributed by atoms with E-state index in [-0.39, 0.29) is 18.4 Å². The SMILES string of the molecule is Cc1cc(C)cc(NC(=O)CNC(=O)c2ccc(-c3noc(C4CCCC4)n3)cc2)c1. The molecular weight excluding hydrogens is 392 g/mol. The summed E-state index contributed by atoms with van der Waals surface area (Å²) in [6.07, 6.45) is 4.60. The summed E-state index contributed by atoms with van der Waals surface area (Å²) in [7, 11) is 0. The average Bonchev–Trinajstić information content (AvgIpc) is 3.43. The summed E-state index contributed by atoms with van der Waals surface area (Å²) in [5.74, 6) is 0.995. The Hall–Kier alpha value is -3.48. The van der Waals surface area contributed by atoms with Crippen LogP contribution in [0.25, 0.3) is 11.4 Å². The summed E-state index contributed by atoms with van der Waals surface area (Å²) in [5, 5.41) is 9.53. The highest BCUT2D eigenvalue weighted by Crippen LogP contribution is 2.33. The Bertz CT molecular complexity index is 1060. The number of rotatable bonds is 6. The van der Waals surface area contributed by atoms with Crippen LogP contribution in [0, 0.1) is 13.8 Å². The molecule has 0 bridgehead atoms. The topological polar surface area (TPSA) is 97.1 Å². The predicted molar refractivity (Wildman–Crippen MR) is 118 cm³/mol. The minimum absolute atomic E-state index is 0.108. The van der Waals surface area contributed by atoms with Gasteiger partial charge in [0.15, 0.2) is 0 Å². The molecule has 3 aromatic rings. The molecule has 1 heterocycles. The molecular formula is C24H26N4O3. The Morgan fingerprint density at radius 3 is 2.39 bits per heavy atom. The molecule has 2 N–H and O–H groups in total. The summed E-state index contributed by atoms with van der Waals surface area (Å²) in [6.45, 7) is 3.83. The smallest absolute Gasteiger partial charge is 0.251 e. The zero-order valence-corrected chi connectivity index (χ0v) is 17.8. The number of hydrogen-bond donors (Lipinski definition) is 2. The molecule has 0 aliphatic heterocycles. The minimum atomic E-state index is -0.318. The van der Waals surface area contributed by atoms with Gasteiger partial charge in [0, 0.05) is 22.7 Å². The highest BCUT2D eigenvalue weighted by Gasteiger charge is 2.23. The normalized spacial score (nSPS) is 13.9. The van der Waals surface area contributed by atoms with Crippen LogP contribution < -0.4 is 10.6 Å². The van der Waals surface area contributed by atoms with E-state index in [9.17, 15) is 9.59 Å². The Morgan fingerprint density at radius 1 is 1.03 bits per heavy atom. The highest BCUT2D eigenvalue weighted by molar-refractivity contribution is 5.99. The van der Waals surface area contributed by atoms with E-state index in [1.165, 1.54) is 12.8 Å². The Balaban J connectivity index is 1.32. The lowest BCUT2D eigenvalue weighted by atomic mass is 10.1. The van der Waals surface area contributed by atoms with E-state index < -0.39 is 0 Å². The fraction of sp³-hybridized carbons (Fsp3) is 0.333. The first-order chi connectivity index (χ1) is 15.0. The molecule has 1 aliphatic carbocycles. The molecule has 7 heteroatoms. The monoisotopic (exact) mass is 418 g/mol. The molecule has 0 radical (unpaired) electrons. The van der Waals surface area contributed by atoms with E-state index in [4.69, 9.17) is 4.52 Å². The lowest BCUT2D eigenvalue weighted by Crippen LogP contribution is -2.32. The number of benzene rings is 2. The van der Waals surface area contributed by atoms with Gasteiger partial charge < -0.3 is 15.2 Å². The number of anilines is 1. The van der Waals surface area contributed by atoms with Crippen LogP contribution in [0.1, 0.15) is 59.0 Å². The number of nitrogens with one attached hydrogen (secondary N) is 2. The largest absolute Gasteiger partial charge is 0.343 e. The van der Waals surface area contributed by atoms with Gasteiger partial charge in [-0.2, -0.15) is 4.98 Å². The van der Waals surface area contributed by atoms with Crippen molar-refractivity contribution < 1.29 is 14.1 Å². The van der Waals surface area contributed by atoms with Crippen molar-refractivity contribution in [1.82, 2.24) is 15.5 Å². The summed E-state index contributed by atoms with van der Waals surface area (Å²) in [5.41, 5.74) is 4.10. The summed E-state index contributed by atoms with van der Waals surface area (Å²) < 4.78 is 5.42. The van der Waals surface area contributed by atoms with Crippen LogP contribution in [-0.4, -0.2) is 28.5 Å². The van der Waals surface area contributed by atoms with Gasteiger partial charge in [0.1, 0.15) is 0 Å². The fourth-order valence-electron chi connectivity index (χ4n) is 3.98. The van der Waals surface area contributed by atoms with Crippen LogP contribution in [0.5, 0.6) is 0 Å². The summed E-state index contributed by atoms with van der Waals surface area (Å²) in [6, 6.07) is 12.8. The van der Waals surface area contributed by atoms with E-state index in [1.807, 2.05) is 32.0 Å². The van der Waals surface area contributed by atoms with Crippen LogP contribution in [0.2, 0.25) is 0 Å². The van der Waals surface area contributed by atoms with Gasteiger partial charge in [0.05, 0.1) is 6.54 Å². The predicted octanol–water partition coefficient (Wildman–Crippen LogP) is 4.38. The molecule has 7 nitrogen and oxygen atoms in total. The first kappa shape index (κ1) is 20.8. The van der Waals surface area contributed by atoms with Crippen molar-refractivity contribution in [2.75, 3.05) is 11.9 Å². The number of aryl methyl sites for hydroxylation is 2. The van der Waals surface area contributed by atoms with Crippen molar-refractivity contribution in [2.45, 2.75) is 45.4 Å². The summed E-state index contributed by atoms with van der Waals surface area (Å²) in [4.78, 5) is 29.1. The fourth-order valence-corrected chi connectivity index (χ4v) is 3.98. The standard InChI is InChI=1S/C24H26N4O3/c1-15-11-16(2)13-20(12-15)26-21(29)14-25-23(30)18-9-7-17(8-10-18)22-27-24(31-28-22)19-5-3-4-6-19/h7-13,19H,3-6,14H2,1-2H3,(H,25,30)(H,26,29). The van der Waals surface area contributed by atoms with Crippen molar-refractivity contribution in [3.63, 3.8) is 0 Å². The third-order valence-corrected chi connectivity index (χ3v) is 5.47. The second kappa shape index (κ2) is 9.12. The van der Waals surface area contributed by atoms with Crippen molar-refractivity contribution in [3.05, 3.63) is 65.0 Å². The molecule has 1 aliphatic rings. The van der Waals surface area contributed by atoms with Gasteiger partial charge in [-0.1, -0.05) is 36.2 Å². The van der Waals surface area contributed by atoms with E-state index in [1.54, 1.807) is 24.3 Å². The molecule has 0 saturated heterocycles. The quantitative estimate of drug-likeness (QED) is 0.619. The Kier molecular flexibility index (Phi) is 6.11. The third kappa shape index (κ3) is 5.17. The number of carbonyl (C=O) groups is 2. The summed E-state index contributed by atoms with van der Waals surface area (Å²) >= 11 is 0. The van der Waals surface area contributed by atoms with E-state index >= 15 is 0 Å². The Morgan fingerprint density at radius 2 is 1.71 bits per heavy atom. The van der Waals surface area contributed by atoms with E-state index in [0.717, 1.165) is 35.2 Å². The number of aromatic nitrogens is 2. The van der Waals surface area contributed by atoms with Crippen molar-refractivity contribution in [2.24, 2.45) is 0 Å². The Labute approximate surface area is 181 Å². The molecule has 0 spiro atoms. The lowest BCUT2D eigenvalue weighted by Gasteiger charge is -2.09. The molecule has 0 atom stereocenters. The maximum atomic E-state index is 12.4. The second-order valence-corrected chi connectivity index (χ2v) is 8.12. The number of carbonyl (C=O) groups excluding carboxylic acids is 2. The zero-order chi connectivity index (χ0) is 21.8. The first-order valence-corrected chi connectivity index (χ1v) is 10.6. The first-order valence-electron chi connectivity index (χ1n) is 10.6. The molecule has 4 rings (SSSR count). The van der Waals surface area contributed by atoms with Crippen molar-refractivity contribution in [1.29, 1.82) is 0 Å². The number of hydrogen-bond acceptors (Lipinski definition) is 5. The van der Waals surface area contributed by atoms with E-state index in [0.29, 0.717) is 23.2 Å². The van der Waals surface area contributed by atoms with Gasteiger partial charge in [-0.3, -0.25) is 9.59 Å². The van der Waals surface area contributed by atoms with Crippen molar-refractivity contribution >= 4 is 17.5 Å². The molecule has 1 aromatic heterocycles. The van der Waals surface area contributed by atoms with Gasteiger partial charge >= 0.3 is 0 Å². The maximum Gasteiger partial charge on any atom is 0.251 e. The second-order valence-electron chi connectivity index (χ2n) is 8.12. The molecule has 160 valence electrons. The minimum Gasteiger partial charge on any atom is -0.343 e. The molecule has 2 amide bonds. The van der Waals surface area contributed by atoms with Crippen LogP contribution >= 0.6 is 0 Å². The maximum absolute atomic E-state index is 12.4. The molecule has 31 heavy (non-hydrogen) atoms. The molecule has 0 unspecified atom stereocenters. The number of amides is 2. The molecule has 1 fully saturated rings.